The number of carbonyl (C=O) groups is 1. The SMILES string of the molecule is CCCN(CCC)[C@@H]1CCc2ccc(CNC(=O)c3ccc(C#N)cc3)cc2C1. The van der Waals surface area contributed by atoms with Gasteiger partial charge in [0.05, 0.1) is 11.6 Å². The highest BCUT2D eigenvalue weighted by molar-refractivity contribution is 5.94. The zero-order chi connectivity index (χ0) is 20.6. The maximum Gasteiger partial charge on any atom is 0.251 e. The fraction of sp³-hybridized carbons (Fsp3) is 0.440. The summed E-state index contributed by atoms with van der Waals surface area (Å²) in [6.45, 7) is 7.38. The summed E-state index contributed by atoms with van der Waals surface area (Å²) in [7, 11) is 0. The summed E-state index contributed by atoms with van der Waals surface area (Å²) >= 11 is 0. The van der Waals surface area contributed by atoms with Crippen LogP contribution in [0.25, 0.3) is 0 Å². The minimum absolute atomic E-state index is 0.109. The molecule has 0 bridgehead atoms. The van der Waals surface area contributed by atoms with Crippen LogP contribution in [0.3, 0.4) is 0 Å². The Morgan fingerprint density at radius 2 is 1.83 bits per heavy atom. The van der Waals surface area contributed by atoms with Gasteiger partial charge in [0.25, 0.3) is 5.91 Å². The van der Waals surface area contributed by atoms with Gasteiger partial charge in [-0.15, -0.1) is 0 Å². The van der Waals surface area contributed by atoms with Crippen LogP contribution in [0.4, 0.5) is 0 Å². The van der Waals surface area contributed by atoms with Gasteiger partial charge in [0, 0.05) is 18.2 Å². The molecular formula is C25H31N3O. The zero-order valence-corrected chi connectivity index (χ0v) is 17.6. The first kappa shape index (κ1) is 21.1. The number of nitrogens with one attached hydrogen (secondary N) is 1. The summed E-state index contributed by atoms with van der Waals surface area (Å²) < 4.78 is 0. The number of nitrogens with zero attached hydrogens (tertiary/aromatic N) is 2. The number of amides is 1. The highest BCUT2D eigenvalue weighted by Gasteiger charge is 2.23. The second-order valence-electron chi connectivity index (χ2n) is 7.91. The molecule has 2 aromatic rings. The van der Waals surface area contributed by atoms with E-state index in [1.165, 1.54) is 43.5 Å². The van der Waals surface area contributed by atoms with Crippen LogP contribution < -0.4 is 5.32 Å². The number of hydrogen-bond donors (Lipinski definition) is 1. The summed E-state index contributed by atoms with van der Waals surface area (Å²) in [6.07, 6.45) is 5.88. The van der Waals surface area contributed by atoms with Crippen LogP contribution in [0.15, 0.2) is 42.5 Å². The van der Waals surface area contributed by atoms with E-state index in [4.69, 9.17) is 5.26 Å². The number of hydrogen-bond acceptors (Lipinski definition) is 3. The largest absolute Gasteiger partial charge is 0.348 e. The van der Waals surface area contributed by atoms with Gasteiger partial charge < -0.3 is 10.2 Å². The molecule has 2 aromatic carbocycles. The quantitative estimate of drug-likeness (QED) is 0.725. The molecule has 0 aliphatic heterocycles. The standard InChI is InChI=1S/C25H31N3O/c1-3-13-28(14-4-2)24-12-11-21-8-7-20(15-23(21)16-24)18-27-25(29)22-9-5-19(17-26)6-10-22/h5-10,15,24H,3-4,11-14,16,18H2,1-2H3,(H,27,29)/t24-/m1/s1. The molecule has 0 fully saturated rings. The number of aryl methyl sites for hydroxylation is 1. The minimum atomic E-state index is -0.109. The van der Waals surface area contributed by atoms with E-state index in [0.29, 0.717) is 23.7 Å². The van der Waals surface area contributed by atoms with Crippen molar-refractivity contribution < 1.29 is 4.79 Å². The summed E-state index contributed by atoms with van der Waals surface area (Å²) in [5, 5.41) is 11.9. The van der Waals surface area contributed by atoms with Crippen molar-refractivity contribution in [2.24, 2.45) is 0 Å². The Morgan fingerprint density at radius 3 is 2.48 bits per heavy atom. The molecule has 0 saturated heterocycles. The number of nitriles is 1. The predicted octanol–water partition coefficient (Wildman–Crippen LogP) is 4.47. The lowest BCUT2D eigenvalue weighted by Crippen LogP contribution is -2.40. The van der Waals surface area contributed by atoms with Gasteiger partial charge in [0.2, 0.25) is 0 Å². The molecule has 0 aromatic heterocycles. The smallest absolute Gasteiger partial charge is 0.251 e. The van der Waals surface area contributed by atoms with Crippen LogP contribution in [0, 0.1) is 11.3 Å². The van der Waals surface area contributed by atoms with E-state index in [-0.39, 0.29) is 5.91 Å². The van der Waals surface area contributed by atoms with Crippen molar-refractivity contribution in [2.75, 3.05) is 13.1 Å². The highest BCUT2D eigenvalue weighted by atomic mass is 16.1. The lowest BCUT2D eigenvalue weighted by molar-refractivity contribution is 0.0951. The molecule has 152 valence electrons. The van der Waals surface area contributed by atoms with Crippen LogP contribution in [-0.2, 0) is 19.4 Å². The van der Waals surface area contributed by atoms with Crippen molar-refractivity contribution >= 4 is 5.91 Å². The molecule has 1 aliphatic carbocycles. The zero-order valence-electron chi connectivity index (χ0n) is 17.6. The highest BCUT2D eigenvalue weighted by Crippen LogP contribution is 2.26. The second-order valence-corrected chi connectivity index (χ2v) is 7.91. The summed E-state index contributed by atoms with van der Waals surface area (Å²) in [4.78, 5) is 15.0. The monoisotopic (exact) mass is 389 g/mol. The number of fused-ring (bicyclic) bond motifs is 1. The molecule has 1 aliphatic rings. The van der Waals surface area contributed by atoms with E-state index >= 15 is 0 Å². The third-order valence-electron chi connectivity index (χ3n) is 5.74. The summed E-state index contributed by atoms with van der Waals surface area (Å²) in [5.41, 5.74) is 5.17. The maximum absolute atomic E-state index is 12.4. The van der Waals surface area contributed by atoms with Crippen molar-refractivity contribution in [1.82, 2.24) is 10.2 Å². The van der Waals surface area contributed by atoms with Crippen LogP contribution >= 0.6 is 0 Å². The van der Waals surface area contributed by atoms with E-state index in [1.807, 2.05) is 0 Å². The summed E-state index contributed by atoms with van der Waals surface area (Å²) in [5.74, 6) is -0.109. The van der Waals surface area contributed by atoms with Gasteiger partial charge in [-0.3, -0.25) is 4.79 Å². The fourth-order valence-electron chi connectivity index (χ4n) is 4.24. The number of rotatable bonds is 8. The average Bonchev–Trinajstić information content (AvgIpc) is 2.76. The number of carbonyl (C=O) groups excluding carboxylic acids is 1. The molecule has 1 atom stereocenters. The van der Waals surface area contributed by atoms with Gasteiger partial charge in [0.15, 0.2) is 0 Å². The normalized spacial score (nSPS) is 15.6. The van der Waals surface area contributed by atoms with Gasteiger partial charge in [-0.25, -0.2) is 0 Å². The van der Waals surface area contributed by atoms with Crippen LogP contribution in [0.1, 0.15) is 65.7 Å². The Morgan fingerprint density at radius 1 is 1.10 bits per heavy atom. The van der Waals surface area contributed by atoms with Crippen molar-refractivity contribution in [1.29, 1.82) is 5.26 Å². The predicted molar refractivity (Wildman–Crippen MR) is 117 cm³/mol. The van der Waals surface area contributed by atoms with Gasteiger partial charge >= 0.3 is 0 Å². The molecule has 0 spiro atoms. The molecule has 0 radical (unpaired) electrons. The maximum atomic E-state index is 12.4. The average molecular weight is 390 g/mol. The Kier molecular flexibility index (Phi) is 7.43. The van der Waals surface area contributed by atoms with Crippen molar-refractivity contribution in [3.05, 3.63) is 70.3 Å². The first-order valence-corrected chi connectivity index (χ1v) is 10.8. The molecule has 4 nitrogen and oxygen atoms in total. The van der Waals surface area contributed by atoms with Gasteiger partial charge in [-0.2, -0.15) is 5.26 Å². The molecule has 3 rings (SSSR count). The van der Waals surface area contributed by atoms with E-state index in [1.54, 1.807) is 24.3 Å². The van der Waals surface area contributed by atoms with E-state index in [2.05, 4.69) is 48.3 Å². The molecular weight excluding hydrogens is 358 g/mol. The molecule has 4 heteroatoms. The van der Waals surface area contributed by atoms with Crippen LogP contribution in [-0.4, -0.2) is 29.9 Å². The first-order valence-electron chi connectivity index (χ1n) is 10.8. The van der Waals surface area contributed by atoms with Crippen LogP contribution in [0.2, 0.25) is 0 Å². The molecule has 1 amide bonds. The second kappa shape index (κ2) is 10.2. The van der Waals surface area contributed by atoms with Crippen molar-refractivity contribution in [2.45, 2.75) is 58.5 Å². The van der Waals surface area contributed by atoms with Gasteiger partial charge in [-0.05, 0) is 86.1 Å². The molecule has 0 saturated carbocycles. The van der Waals surface area contributed by atoms with Gasteiger partial charge in [0.1, 0.15) is 0 Å². The molecule has 0 unspecified atom stereocenters. The first-order chi connectivity index (χ1) is 14.1. The topological polar surface area (TPSA) is 56.1 Å². The number of benzene rings is 2. The Labute approximate surface area is 174 Å². The third-order valence-corrected chi connectivity index (χ3v) is 5.74. The lowest BCUT2D eigenvalue weighted by atomic mass is 9.86. The summed E-state index contributed by atoms with van der Waals surface area (Å²) in [6, 6.07) is 16.1. The Balaban J connectivity index is 1.63. The van der Waals surface area contributed by atoms with E-state index in [9.17, 15) is 4.79 Å². The molecule has 1 N–H and O–H groups in total. The molecule has 29 heavy (non-hydrogen) atoms. The fourth-order valence-corrected chi connectivity index (χ4v) is 4.24. The van der Waals surface area contributed by atoms with E-state index < -0.39 is 0 Å². The van der Waals surface area contributed by atoms with Gasteiger partial charge in [-0.1, -0.05) is 32.0 Å². The Bertz CT molecular complexity index is 861. The lowest BCUT2D eigenvalue weighted by Gasteiger charge is -2.35. The van der Waals surface area contributed by atoms with Crippen LogP contribution in [0.5, 0.6) is 0 Å². The van der Waals surface area contributed by atoms with Crippen molar-refractivity contribution in [3.8, 4) is 6.07 Å². The third kappa shape index (κ3) is 5.46. The van der Waals surface area contributed by atoms with E-state index in [0.717, 1.165) is 18.4 Å². The molecule has 0 heterocycles. The minimum Gasteiger partial charge on any atom is -0.348 e. The Hall–Kier alpha value is -2.64. The van der Waals surface area contributed by atoms with Crippen molar-refractivity contribution in [3.63, 3.8) is 0 Å².